The summed E-state index contributed by atoms with van der Waals surface area (Å²) >= 11 is 0. The molecular formula is C19H19NO3. The van der Waals surface area contributed by atoms with Crippen LogP contribution in [0.4, 0.5) is 5.69 Å². The summed E-state index contributed by atoms with van der Waals surface area (Å²) in [5.74, 6) is 0.418. The molecule has 0 aromatic heterocycles. The molecule has 0 aliphatic heterocycles. The monoisotopic (exact) mass is 309 g/mol. The summed E-state index contributed by atoms with van der Waals surface area (Å²) in [5.41, 5.74) is 3.06. The number of nitrogens with one attached hydrogen (secondary N) is 1. The zero-order chi connectivity index (χ0) is 16.8. The predicted octanol–water partition coefficient (Wildman–Crippen LogP) is 3.89. The van der Waals surface area contributed by atoms with Crippen LogP contribution in [0.15, 0.2) is 36.4 Å². The molecule has 0 saturated carbocycles. The van der Waals surface area contributed by atoms with Crippen molar-refractivity contribution >= 4 is 17.4 Å². The molecule has 4 nitrogen and oxygen atoms in total. The Morgan fingerprint density at radius 3 is 2.43 bits per heavy atom. The first kappa shape index (κ1) is 15.3. The van der Waals surface area contributed by atoms with E-state index >= 15 is 0 Å². The van der Waals surface area contributed by atoms with Gasteiger partial charge in [0.15, 0.2) is 5.78 Å². The van der Waals surface area contributed by atoms with E-state index in [4.69, 9.17) is 4.74 Å². The molecule has 0 atom stereocenters. The molecule has 2 aromatic rings. The highest BCUT2D eigenvalue weighted by Crippen LogP contribution is 2.42. The Morgan fingerprint density at radius 1 is 1.04 bits per heavy atom. The lowest BCUT2D eigenvalue weighted by molar-refractivity contribution is -0.123. The lowest BCUT2D eigenvalue weighted by atomic mass is 9.95. The molecular weight excluding hydrogens is 290 g/mol. The number of benzene rings is 2. The third kappa shape index (κ3) is 2.50. The average Bonchev–Trinajstić information content (AvgIpc) is 2.79. The average molecular weight is 309 g/mol. The Morgan fingerprint density at radius 2 is 1.78 bits per heavy atom. The van der Waals surface area contributed by atoms with Gasteiger partial charge in [0, 0.05) is 16.7 Å². The van der Waals surface area contributed by atoms with E-state index in [1.807, 2.05) is 45.0 Å². The Balaban J connectivity index is 2.02. The summed E-state index contributed by atoms with van der Waals surface area (Å²) < 4.78 is 5.31. The van der Waals surface area contributed by atoms with Crippen LogP contribution < -0.4 is 10.1 Å². The molecule has 4 heteroatoms. The third-order valence-corrected chi connectivity index (χ3v) is 3.97. The van der Waals surface area contributed by atoms with Gasteiger partial charge in [0.25, 0.3) is 0 Å². The van der Waals surface area contributed by atoms with Crippen molar-refractivity contribution in [3.63, 3.8) is 0 Å². The summed E-state index contributed by atoms with van der Waals surface area (Å²) in [6.45, 7) is 5.55. The Bertz CT molecular complexity index is 816. The zero-order valence-electron chi connectivity index (χ0n) is 13.7. The van der Waals surface area contributed by atoms with E-state index in [0.717, 1.165) is 11.1 Å². The quantitative estimate of drug-likeness (QED) is 0.781. The number of rotatable bonds is 2. The Kier molecular flexibility index (Phi) is 3.48. The molecule has 1 aliphatic rings. The standard InChI is InChI=1S/C19H19NO3/c1-19(2,3)18(22)20-11-8-9-12-13-6-5-7-15(23-4)16(13)17(21)14(12)10-11/h5-10H,1-4H3,(H,20,22). The van der Waals surface area contributed by atoms with Crippen LogP contribution in [-0.2, 0) is 4.79 Å². The van der Waals surface area contributed by atoms with Gasteiger partial charge in [-0.25, -0.2) is 0 Å². The highest BCUT2D eigenvalue weighted by Gasteiger charge is 2.30. The molecule has 2 aromatic carbocycles. The predicted molar refractivity (Wildman–Crippen MR) is 89.9 cm³/mol. The van der Waals surface area contributed by atoms with E-state index in [2.05, 4.69) is 5.32 Å². The number of amides is 1. The van der Waals surface area contributed by atoms with Crippen LogP contribution in [0, 0.1) is 5.41 Å². The largest absolute Gasteiger partial charge is 0.496 e. The van der Waals surface area contributed by atoms with E-state index in [1.54, 1.807) is 19.2 Å². The second-order valence-corrected chi connectivity index (χ2v) is 6.68. The molecule has 1 amide bonds. The molecule has 0 heterocycles. The molecule has 1 aliphatic carbocycles. The fraction of sp³-hybridized carbons (Fsp3) is 0.263. The first-order valence-electron chi connectivity index (χ1n) is 7.50. The number of ether oxygens (including phenoxy) is 1. The van der Waals surface area contributed by atoms with E-state index in [9.17, 15) is 9.59 Å². The number of ketones is 1. The Labute approximate surface area is 135 Å². The second-order valence-electron chi connectivity index (χ2n) is 6.68. The Hall–Kier alpha value is -2.62. The van der Waals surface area contributed by atoms with Crippen molar-refractivity contribution in [1.29, 1.82) is 0 Å². The minimum Gasteiger partial charge on any atom is -0.496 e. The highest BCUT2D eigenvalue weighted by molar-refractivity contribution is 6.23. The summed E-state index contributed by atoms with van der Waals surface area (Å²) in [4.78, 5) is 24.8. The number of methoxy groups -OCH3 is 1. The number of hydrogen-bond donors (Lipinski definition) is 1. The number of anilines is 1. The van der Waals surface area contributed by atoms with Gasteiger partial charge in [0.05, 0.1) is 12.7 Å². The van der Waals surface area contributed by atoms with Crippen LogP contribution in [0.25, 0.3) is 11.1 Å². The van der Waals surface area contributed by atoms with Gasteiger partial charge in [-0.2, -0.15) is 0 Å². The van der Waals surface area contributed by atoms with Gasteiger partial charge in [-0.05, 0) is 29.3 Å². The van der Waals surface area contributed by atoms with Gasteiger partial charge in [-0.3, -0.25) is 9.59 Å². The van der Waals surface area contributed by atoms with E-state index in [1.165, 1.54) is 0 Å². The molecule has 0 radical (unpaired) electrons. The molecule has 0 bridgehead atoms. The molecule has 0 spiro atoms. The van der Waals surface area contributed by atoms with Gasteiger partial charge in [0.2, 0.25) is 5.91 Å². The van der Waals surface area contributed by atoms with Gasteiger partial charge in [-0.15, -0.1) is 0 Å². The van der Waals surface area contributed by atoms with Crippen molar-refractivity contribution in [3.8, 4) is 16.9 Å². The summed E-state index contributed by atoms with van der Waals surface area (Å²) in [6, 6.07) is 11.0. The number of carbonyl (C=O) groups excluding carboxylic acids is 2. The normalized spacial score (nSPS) is 12.6. The van der Waals surface area contributed by atoms with Crippen LogP contribution in [0.1, 0.15) is 36.7 Å². The molecule has 1 N–H and O–H groups in total. The van der Waals surface area contributed by atoms with Crippen molar-refractivity contribution in [2.24, 2.45) is 5.41 Å². The summed E-state index contributed by atoms with van der Waals surface area (Å²) in [6.07, 6.45) is 0. The first-order chi connectivity index (χ1) is 10.8. The van der Waals surface area contributed by atoms with E-state index < -0.39 is 5.41 Å². The van der Waals surface area contributed by atoms with Crippen LogP contribution in [0.2, 0.25) is 0 Å². The van der Waals surface area contributed by atoms with Crippen molar-refractivity contribution in [2.75, 3.05) is 12.4 Å². The van der Waals surface area contributed by atoms with Crippen LogP contribution in [0.5, 0.6) is 5.75 Å². The van der Waals surface area contributed by atoms with E-state index in [-0.39, 0.29) is 11.7 Å². The number of fused-ring (bicyclic) bond motifs is 3. The first-order valence-corrected chi connectivity index (χ1v) is 7.50. The van der Waals surface area contributed by atoms with Crippen LogP contribution in [-0.4, -0.2) is 18.8 Å². The lowest BCUT2D eigenvalue weighted by Gasteiger charge is -2.18. The minimum atomic E-state index is -0.491. The fourth-order valence-corrected chi connectivity index (χ4v) is 2.66. The van der Waals surface area contributed by atoms with Gasteiger partial charge in [0.1, 0.15) is 5.75 Å². The lowest BCUT2D eigenvalue weighted by Crippen LogP contribution is -2.27. The minimum absolute atomic E-state index is 0.0701. The third-order valence-electron chi connectivity index (χ3n) is 3.97. The SMILES string of the molecule is COc1cccc2c1C(=O)c1cc(NC(=O)C(C)(C)C)ccc1-2. The van der Waals surface area contributed by atoms with Gasteiger partial charge >= 0.3 is 0 Å². The molecule has 0 fully saturated rings. The maximum absolute atomic E-state index is 12.7. The van der Waals surface area contributed by atoms with Crippen molar-refractivity contribution in [3.05, 3.63) is 47.5 Å². The molecule has 0 unspecified atom stereocenters. The van der Waals surface area contributed by atoms with Crippen LogP contribution in [0.3, 0.4) is 0 Å². The molecule has 0 saturated heterocycles. The summed E-state index contributed by atoms with van der Waals surface area (Å²) in [5, 5.41) is 2.87. The summed E-state index contributed by atoms with van der Waals surface area (Å²) in [7, 11) is 1.56. The molecule has 118 valence electrons. The number of carbonyl (C=O) groups is 2. The fourth-order valence-electron chi connectivity index (χ4n) is 2.66. The van der Waals surface area contributed by atoms with E-state index in [0.29, 0.717) is 22.6 Å². The van der Waals surface area contributed by atoms with Crippen molar-refractivity contribution in [1.82, 2.24) is 0 Å². The smallest absolute Gasteiger partial charge is 0.229 e. The topological polar surface area (TPSA) is 55.4 Å². The zero-order valence-corrected chi connectivity index (χ0v) is 13.7. The molecule has 3 rings (SSSR count). The number of hydrogen-bond acceptors (Lipinski definition) is 3. The van der Waals surface area contributed by atoms with Gasteiger partial charge in [-0.1, -0.05) is 39.0 Å². The second kappa shape index (κ2) is 5.23. The maximum Gasteiger partial charge on any atom is 0.229 e. The van der Waals surface area contributed by atoms with Gasteiger partial charge < -0.3 is 10.1 Å². The molecule has 23 heavy (non-hydrogen) atoms. The van der Waals surface area contributed by atoms with Crippen molar-refractivity contribution < 1.29 is 14.3 Å². The highest BCUT2D eigenvalue weighted by atomic mass is 16.5. The maximum atomic E-state index is 12.7. The van der Waals surface area contributed by atoms with Crippen LogP contribution >= 0.6 is 0 Å². The van der Waals surface area contributed by atoms with Crippen molar-refractivity contribution in [2.45, 2.75) is 20.8 Å².